The van der Waals surface area contributed by atoms with E-state index in [1.54, 1.807) is 4.68 Å². The van der Waals surface area contributed by atoms with Crippen molar-refractivity contribution in [2.45, 2.75) is 23.7 Å². The smallest absolute Gasteiger partial charge is 0.237 e. The number of hydrogen-bond donors (Lipinski definition) is 0. The van der Waals surface area contributed by atoms with Gasteiger partial charge in [-0.05, 0) is 22.4 Å². The van der Waals surface area contributed by atoms with Crippen LogP contribution in [0.3, 0.4) is 0 Å². The molecule has 0 saturated carbocycles. The summed E-state index contributed by atoms with van der Waals surface area (Å²) >= 11 is 20.3. The molecule has 0 unspecified atom stereocenters. The molecule has 0 aromatic carbocycles. The molecule has 0 spiro atoms. The Labute approximate surface area is 99.5 Å². The van der Waals surface area contributed by atoms with E-state index in [0.717, 1.165) is 13.0 Å². The highest BCUT2D eigenvalue weighted by Crippen LogP contribution is 2.40. The van der Waals surface area contributed by atoms with Crippen molar-refractivity contribution in [2.75, 3.05) is 0 Å². The Kier molecular flexibility index (Phi) is 3.86. The molecular weight excluding hydrogens is 300 g/mol. The lowest BCUT2D eigenvalue weighted by Gasteiger charge is -2.06. The van der Waals surface area contributed by atoms with E-state index in [2.05, 4.69) is 26.2 Å². The van der Waals surface area contributed by atoms with Gasteiger partial charge in [0.25, 0.3) is 0 Å². The van der Waals surface area contributed by atoms with Gasteiger partial charge >= 0.3 is 0 Å². The largest absolute Gasteiger partial charge is 0.238 e. The van der Waals surface area contributed by atoms with Crippen LogP contribution in [0.25, 0.3) is 0 Å². The standard InChI is InChI=1S/C6H7BrCl3N3/c1-2-3-13-5(7)4(11-12-13)6(8,9)10/h2-3H2,1H3. The number of hydrogen-bond acceptors (Lipinski definition) is 2. The Morgan fingerprint density at radius 1 is 1.46 bits per heavy atom. The third-order valence-corrected chi connectivity index (χ3v) is 2.70. The van der Waals surface area contributed by atoms with E-state index in [9.17, 15) is 0 Å². The van der Waals surface area contributed by atoms with Crippen molar-refractivity contribution in [2.24, 2.45) is 0 Å². The molecule has 7 heteroatoms. The second-order valence-electron chi connectivity index (χ2n) is 2.45. The predicted molar refractivity (Wildman–Crippen MR) is 57.3 cm³/mol. The molecule has 0 aliphatic rings. The molecule has 0 atom stereocenters. The maximum absolute atomic E-state index is 5.66. The molecule has 0 N–H and O–H groups in total. The van der Waals surface area contributed by atoms with E-state index in [-0.39, 0.29) is 0 Å². The molecule has 0 aliphatic heterocycles. The summed E-state index contributed by atoms with van der Waals surface area (Å²) in [4.78, 5) is 0. The lowest BCUT2D eigenvalue weighted by atomic mass is 10.5. The molecule has 1 rings (SSSR count). The molecule has 0 saturated heterocycles. The molecule has 0 amide bonds. The molecule has 0 fully saturated rings. The molecule has 3 nitrogen and oxygen atoms in total. The zero-order valence-electron chi connectivity index (χ0n) is 6.77. The van der Waals surface area contributed by atoms with E-state index in [1.807, 2.05) is 6.92 Å². The number of nitrogens with zero attached hydrogens (tertiary/aromatic N) is 3. The molecule has 0 bridgehead atoms. The summed E-state index contributed by atoms with van der Waals surface area (Å²) in [6.07, 6.45) is 0.946. The summed E-state index contributed by atoms with van der Waals surface area (Å²) in [5.41, 5.74) is 0.325. The first-order valence-electron chi connectivity index (χ1n) is 3.63. The molecule has 0 aliphatic carbocycles. The molecule has 1 aromatic rings. The van der Waals surface area contributed by atoms with Gasteiger partial charge in [-0.25, -0.2) is 4.68 Å². The minimum absolute atomic E-state index is 0.325. The number of aromatic nitrogens is 3. The van der Waals surface area contributed by atoms with Gasteiger partial charge in [-0.1, -0.05) is 46.9 Å². The summed E-state index contributed by atoms with van der Waals surface area (Å²) in [7, 11) is 0. The third kappa shape index (κ3) is 2.72. The van der Waals surface area contributed by atoms with Crippen molar-refractivity contribution < 1.29 is 0 Å². The Balaban J connectivity index is 2.99. The Bertz CT molecular complexity index is 294. The minimum Gasteiger partial charge on any atom is -0.238 e. The molecule has 0 radical (unpaired) electrons. The summed E-state index contributed by atoms with van der Waals surface area (Å²) < 4.78 is 0.747. The molecular formula is C6H7BrCl3N3. The number of halogens is 4. The van der Waals surface area contributed by atoms with Crippen LogP contribution in [0.15, 0.2) is 4.60 Å². The Morgan fingerprint density at radius 3 is 2.46 bits per heavy atom. The quantitative estimate of drug-likeness (QED) is 0.785. The zero-order valence-corrected chi connectivity index (χ0v) is 10.6. The fourth-order valence-corrected chi connectivity index (χ4v) is 2.18. The van der Waals surface area contributed by atoms with Crippen molar-refractivity contribution in [3.63, 3.8) is 0 Å². The van der Waals surface area contributed by atoms with Gasteiger partial charge in [-0.15, -0.1) is 5.10 Å². The summed E-state index contributed by atoms with van der Waals surface area (Å²) in [6.45, 7) is 2.78. The van der Waals surface area contributed by atoms with Gasteiger partial charge in [-0.2, -0.15) is 0 Å². The monoisotopic (exact) mass is 305 g/mol. The van der Waals surface area contributed by atoms with Gasteiger partial charge in [0.1, 0.15) is 10.3 Å². The van der Waals surface area contributed by atoms with Crippen molar-refractivity contribution in [1.82, 2.24) is 15.0 Å². The first kappa shape index (κ1) is 11.6. The predicted octanol–water partition coefficient (Wildman–Crippen LogP) is 3.28. The molecule has 74 valence electrons. The van der Waals surface area contributed by atoms with Crippen LogP contribution in [0.4, 0.5) is 0 Å². The van der Waals surface area contributed by atoms with Crippen LogP contribution in [0.5, 0.6) is 0 Å². The maximum Gasteiger partial charge on any atom is 0.237 e. The van der Waals surface area contributed by atoms with Crippen LogP contribution in [0.2, 0.25) is 0 Å². The fourth-order valence-electron chi connectivity index (χ4n) is 0.830. The van der Waals surface area contributed by atoms with E-state index in [4.69, 9.17) is 34.8 Å². The lowest BCUT2D eigenvalue weighted by molar-refractivity contribution is 0.569. The van der Waals surface area contributed by atoms with Crippen molar-refractivity contribution >= 4 is 50.7 Å². The van der Waals surface area contributed by atoms with Gasteiger partial charge in [-0.3, -0.25) is 0 Å². The van der Waals surface area contributed by atoms with Gasteiger partial charge in [0.15, 0.2) is 0 Å². The zero-order chi connectivity index (χ0) is 10.1. The highest BCUT2D eigenvalue weighted by atomic mass is 79.9. The summed E-state index contributed by atoms with van der Waals surface area (Å²) in [6, 6.07) is 0. The summed E-state index contributed by atoms with van der Waals surface area (Å²) in [5, 5.41) is 7.61. The lowest BCUT2D eigenvalue weighted by Crippen LogP contribution is -2.03. The summed E-state index contributed by atoms with van der Waals surface area (Å²) in [5.74, 6) is 0. The number of aryl methyl sites for hydroxylation is 1. The van der Waals surface area contributed by atoms with Crippen molar-refractivity contribution in [3.8, 4) is 0 Å². The average molecular weight is 307 g/mol. The minimum atomic E-state index is -1.52. The van der Waals surface area contributed by atoms with E-state index < -0.39 is 3.79 Å². The maximum atomic E-state index is 5.66. The Hall–Kier alpha value is 0.490. The SMILES string of the molecule is CCCn1nnc(C(Cl)(Cl)Cl)c1Br. The normalized spacial score (nSPS) is 12.1. The topological polar surface area (TPSA) is 30.7 Å². The van der Waals surface area contributed by atoms with Gasteiger partial charge in [0.05, 0.1) is 0 Å². The van der Waals surface area contributed by atoms with Crippen LogP contribution in [-0.4, -0.2) is 15.0 Å². The third-order valence-electron chi connectivity index (χ3n) is 1.38. The Morgan fingerprint density at radius 2 is 2.08 bits per heavy atom. The van der Waals surface area contributed by atoms with Crippen molar-refractivity contribution in [1.29, 1.82) is 0 Å². The first-order chi connectivity index (χ1) is 5.96. The molecule has 1 aromatic heterocycles. The highest BCUT2D eigenvalue weighted by Gasteiger charge is 2.30. The van der Waals surface area contributed by atoms with Gasteiger partial charge in [0.2, 0.25) is 3.79 Å². The van der Waals surface area contributed by atoms with Crippen LogP contribution >= 0.6 is 50.7 Å². The van der Waals surface area contributed by atoms with Crippen LogP contribution < -0.4 is 0 Å². The van der Waals surface area contributed by atoms with Gasteiger partial charge < -0.3 is 0 Å². The first-order valence-corrected chi connectivity index (χ1v) is 5.55. The number of alkyl halides is 3. The van der Waals surface area contributed by atoms with Crippen molar-refractivity contribution in [3.05, 3.63) is 10.3 Å². The second-order valence-corrected chi connectivity index (χ2v) is 5.48. The van der Waals surface area contributed by atoms with Crippen LogP contribution in [0, 0.1) is 0 Å². The van der Waals surface area contributed by atoms with E-state index in [0.29, 0.717) is 10.3 Å². The number of rotatable bonds is 2. The van der Waals surface area contributed by atoms with Gasteiger partial charge in [0, 0.05) is 6.54 Å². The molecule has 13 heavy (non-hydrogen) atoms. The van der Waals surface area contributed by atoms with Crippen LogP contribution in [0.1, 0.15) is 19.0 Å². The van der Waals surface area contributed by atoms with E-state index in [1.165, 1.54) is 0 Å². The highest BCUT2D eigenvalue weighted by molar-refractivity contribution is 9.10. The molecule has 1 heterocycles. The second kappa shape index (κ2) is 4.34. The van der Waals surface area contributed by atoms with Crippen LogP contribution in [-0.2, 0) is 10.3 Å². The average Bonchev–Trinajstić information content (AvgIpc) is 2.32. The van der Waals surface area contributed by atoms with E-state index >= 15 is 0 Å². The fraction of sp³-hybridized carbons (Fsp3) is 0.667.